The Balaban J connectivity index is 2.44. The van der Waals surface area contributed by atoms with Crippen molar-refractivity contribution in [2.75, 3.05) is 7.11 Å². The third-order valence-corrected chi connectivity index (χ3v) is 4.73. The van der Waals surface area contributed by atoms with Crippen LogP contribution in [0.3, 0.4) is 0 Å². The molecule has 0 amide bonds. The maximum Gasteiger partial charge on any atom is 0.339 e. The first-order chi connectivity index (χ1) is 9.97. The Labute approximate surface area is 136 Å². The Bertz CT molecular complexity index is 729. The molecule has 0 aliphatic heterocycles. The Morgan fingerprint density at radius 2 is 1.86 bits per heavy atom. The van der Waals surface area contributed by atoms with Crippen LogP contribution in [-0.2, 0) is 16.7 Å². The first kappa shape index (κ1) is 16.1. The molecule has 7 heteroatoms. The highest BCUT2D eigenvalue weighted by molar-refractivity contribution is 14.1. The van der Waals surface area contributed by atoms with Crippen LogP contribution in [0.1, 0.15) is 5.56 Å². The Hall–Kier alpha value is -1.32. The van der Waals surface area contributed by atoms with Crippen LogP contribution < -0.4 is 8.92 Å². The van der Waals surface area contributed by atoms with Crippen molar-refractivity contribution in [2.24, 2.45) is 0 Å². The van der Waals surface area contributed by atoms with Gasteiger partial charge < -0.3 is 14.0 Å². The number of hydrogen-bond donors (Lipinski definition) is 1. The SMILES string of the molecule is COc1cc(CO)cc(I)c1OS(=O)(=O)c1ccccc1. The van der Waals surface area contributed by atoms with Crippen LogP contribution in [0.2, 0.25) is 0 Å². The topological polar surface area (TPSA) is 72.8 Å². The van der Waals surface area contributed by atoms with E-state index in [0.717, 1.165) is 0 Å². The van der Waals surface area contributed by atoms with Crippen molar-refractivity contribution >= 4 is 32.7 Å². The first-order valence-corrected chi connectivity index (χ1v) is 8.43. The summed E-state index contributed by atoms with van der Waals surface area (Å²) in [4.78, 5) is 0.0640. The van der Waals surface area contributed by atoms with E-state index in [4.69, 9.17) is 14.0 Å². The summed E-state index contributed by atoms with van der Waals surface area (Å²) in [5.41, 5.74) is 0.612. The smallest absolute Gasteiger partial charge is 0.339 e. The summed E-state index contributed by atoms with van der Waals surface area (Å²) < 4.78 is 35.4. The van der Waals surface area contributed by atoms with Crippen molar-refractivity contribution in [3.05, 3.63) is 51.6 Å². The molecule has 0 aliphatic rings. The van der Waals surface area contributed by atoms with Gasteiger partial charge in [-0.15, -0.1) is 0 Å². The van der Waals surface area contributed by atoms with E-state index in [1.165, 1.54) is 25.3 Å². The summed E-state index contributed by atoms with van der Waals surface area (Å²) in [6, 6.07) is 11.0. The first-order valence-electron chi connectivity index (χ1n) is 5.94. The molecule has 0 heterocycles. The fraction of sp³-hybridized carbons (Fsp3) is 0.143. The molecule has 0 saturated heterocycles. The van der Waals surface area contributed by atoms with E-state index in [0.29, 0.717) is 9.13 Å². The van der Waals surface area contributed by atoms with Crippen molar-refractivity contribution in [2.45, 2.75) is 11.5 Å². The van der Waals surface area contributed by atoms with Crippen molar-refractivity contribution in [3.63, 3.8) is 0 Å². The zero-order valence-electron chi connectivity index (χ0n) is 11.1. The molecule has 2 aromatic rings. The lowest BCUT2D eigenvalue weighted by Gasteiger charge is -2.13. The summed E-state index contributed by atoms with van der Waals surface area (Å²) in [7, 11) is -2.52. The van der Waals surface area contributed by atoms with Gasteiger partial charge in [0.05, 0.1) is 17.3 Å². The maximum absolute atomic E-state index is 12.2. The van der Waals surface area contributed by atoms with Gasteiger partial charge in [0.1, 0.15) is 4.90 Å². The fourth-order valence-corrected chi connectivity index (χ4v) is 3.59. The highest BCUT2D eigenvalue weighted by Crippen LogP contribution is 2.35. The summed E-state index contributed by atoms with van der Waals surface area (Å²) in [6.45, 7) is -0.169. The molecule has 0 fully saturated rings. The Kier molecular flexibility index (Phi) is 5.07. The molecule has 0 bridgehead atoms. The highest BCUT2D eigenvalue weighted by Gasteiger charge is 2.21. The molecule has 0 saturated carbocycles. The van der Waals surface area contributed by atoms with Crippen LogP contribution in [0.15, 0.2) is 47.4 Å². The molecule has 21 heavy (non-hydrogen) atoms. The zero-order valence-corrected chi connectivity index (χ0v) is 14.1. The molecule has 0 spiro atoms. The normalized spacial score (nSPS) is 11.2. The molecule has 0 aliphatic carbocycles. The van der Waals surface area contributed by atoms with Crippen molar-refractivity contribution in [3.8, 4) is 11.5 Å². The number of hydrogen-bond acceptors (Lipinski definition) is 5. The quantitative estimate of drug-likeness (QED) is 0.595. The number of methoxy groups -OCH3 is 1. The van der Waals surface area contributed by atoms with E-state index in [2.05, 4.69) is 0 Å². The van der Waals surface area contributed by atoms with E-state index >= 15 is 0 Å². The van der Waals surface area contributed by atoms with Crippen LogP contribution in [0.5, 0.6) is 11.5 Å². The molecule has 0 unspecified atom stereocenters. The molecule has 2 aromatic carbocycles. The van der Waals surface area contributed by atoms with Gasteiger partial charge in [0, 0.05) is 0 Å². The molecule has 1 N–H and O–H groups in total. The van der Waals surface area contributed by atoms with Crippen LogP contribution >= 0.6 is 22.6 Å². The van der Waals surface area contributed by atoms with E-state index < -0.39 is 10.1 Å². The van der Waals surface area contributed by atoms with Gasteiger partial charge in [-0.3, -0.25) is 0 Å². The number of aliphatic hydroxyl groups is 1. The molecule has 0 atom stereocenters. The molecular formula is C14H13IO5S. The lowest BCUT2D eigenvalue weighted by atomic mass is 10.2. The van der Waals surface area contributed by atoms with Crippen molar-refractivity contribution in [1.29, 1.82) is 0 Å². The maximum atomic E-state index is 12.2. The average Bonchev–Trinajstić information content (AvgIpc) is 2.49. The summed E-state index contributed by atoms with van der Waals surface area (Å²) in [5.74, 6) is 0.365. The van der Waals surface area contributed by atoms with Gasteiger partial charge in [-0.25, -0.2) is 0 Å². The number of aliphatic hydroxyl groups excluding tert-OH is 1. The van der Waals surface area contributed by atoms with Gasteiger partial charge in [-0.1, -0.05) is 18.2 Å². The molecule has 0 aromatic heterocycles. The molecule has 2 rings (SSSR count). The van der Waals surface area contributed by atoms with Gasteiger partial charge >= 0.3 is 10.1 Å². The van der Waals surface area contributed by atoms with Crippen LogP contribution in [0.25, 0.3) is 0 Å². The third kappa shape index (κ3) is 3.66. The molecular weight excluding hydrogens is 407 g/mol. The van der Waals surface area contributed by atoms with Gasteiger partial charge in [-0.2, -0.15) is 8.42 Å². The standard InChI is InChI=1S/C14H13IO5S/c1-19-13-8-10(9-16)7-12(15)14(13)20-21(17,18)11-5-3-2-4-6-11/h2-8,16H,9H2,1H3. The van der Waals surface area contributed by atoms with Gasteiger partial charge in [0.2, 0.25) is 0 Å². The Morgan fingerprint density at radius 3 is 2.43 bits per heavy atom. The largest absolute Gasteiger partial charge is 0.493 e. The number of benzene rings is 2. The minimum atomic E-state index is -3.94. The van der Waals surface area contributed by atoms with Gasteiger partial charge in [-0.05, 0) is 52.4 Å². The highest BCUT2D eigenvalue weighted by atomic mass is 127. The molecule has 5 nitrogen and oxygen atoms in total. The van der Waals surface area contributed by atoms with Crippen molar-refractivity contribution < 1.29 is 22.4 Å². The molecule has 0 radical (unpaired) electrons. The third-order valence-electron chi connectivity index (χ3n) is 2.70. The number of halogens is 1. The second-order valence-electron chi connectivity index (χ2n) is 4.12. The van der Waals surface area contributed by atoms with E-state index in [1.54, 1.807) is 24.3 Å². The lowest BCUT2D eigenvalue weighted by molar-refractivity contribution is 0.280. The number of ether oxygens (including phenoxy) is 1. The second-order valence-corrected chi connectivity index (χ2v) is 6.83. The summed E-state index contributed by atoms with van der Waals surface area (Å²) >= 11 is 1.94. The second kappa shape index (κ2) is 6.63. The minimum absolute atomic E-state index is 0.0640. The van der Waals surface area contributed by atoms with Crippen LogP contribution in [-0.4, -0.2) is 20.6 Å². The zero-order chi connectivity index (χ0) is 15.5. The van der Waals surface area contributed by atoms with E-state index in [1.807, 2.05) is 22.6 Å². The predicted octanol–water partition coefficient (Wildman–Crippen LogP) is 2.56. The monoisotopic (exact) mass is 420 g/mol. The number of rotatable bonds is 5. The summed E-state index contributed by atoms with van der Waals surface area (Å²) in [5, 5.41) is 9.17. The molecule has 112 valence electrons. The summed E-state index contributed by atoms with van der Waals surface area (Å²) in [6.07, 6.45) is 0. The lowest BCUT2D eigenvalue weighted by Crippen LogP contribution is -2.11. The van der Waals surface area contributed by atoms with Crippen LogP contribution in [0.4, 0.5) is 0 Å². The van der Waals surface area contributed by atoms with Crippen molar-refractivity contribution in [1.82, 2.24) is 0 Å². The van der Waals surface area contributed by atoms with E-state index in [-0.39, 0.29) is 23.0 Å². The van der Waals surface area contributed by atoms with Crippen LogP contribution in [0, 0.1) is 3.57 Å². The van der Waals surface area contributed by atoms with Gasteiger partial charge in [0.15, 0.2) is 11.5 Å². The minimum Gasteiger partial charge on any atom is -0.493 e. The van der Waals surface area contributed by atoms with Gasteiger partial charge in [0.25, 0.3) is 0 Å². The Morgan fingerprint density at radius 1 is 1.19 bits per heavy atom. The average molecular weight is 420 g/mol. The predicted molar refractivity (Wildman–Crippen MR) is 85.9 cm³/mol. The van der Waals surface area contributed by atoms with E-state index in [9.17, 15) is 8.42 Å². The fourth-order valence-electron chi connectivity index (χ4n) is 1.69.